The molecule has 26 heavy (non-hydrogen) atoms. The molecule has 6 nitrogen and oxygen atoms in total. The summed E-state index contributed by atoms with van der Waals surface area (Å²) in [5, 5.41) is 3.59. The largest absolute Gasteiger partial charge is 0.494 e. The molecule has 0 aliphatic carbocycles. The Labute approximate surface area is 156 Å². The highest BCUT2D eigenvalue weighted by molar-refractivity contribution is 6.33. The lowest BCUT2D eigenvalue weighted by Crippen LogP contribution is -2.14. The Bertz CT molecular complexity index is 972. The standard InChI is InChI=1S/C19H19ClN4O2/c1-3-26-14-6-4-5-13(10-14)17-22-18(24-19(25)23-17)15-9-12(11-21-2)7-8-16(15)20/h4-10,21H,3,11H2,1-2H3,(H,22,23,24,25). The van der Waals surface area contributed by atoms with Crippen LogP contribution in [0.25, 0.3) is 22.8 Å². The van der Waals surface area contributed by atoms with Crippen LogP contribution in [0.1, 0.15) is 12.5 Å². The molecular weight excluding hydrogens is 352 g/mol. The van der Waals surface area contributed by atoms with Gasteiger partial charge in [-0.3, -0.25) is 4.98 Å². The van der Waals surface area contributed by atoms with Gasteiger partial charge in [0.1, 0.15) is 11.6 Å². The summed E-state index contributed by atoms with van der Waals surface area (Å²) in [6.45, 7) is 3.15. The number of H-pyrrole nitrogens is 1. The monoisotopic (exact) mass is 370 g/mol. The van der Waals surface area contributed by atoms with Crippen molar-refractivity contribution < 1.29 is 4.74 Å². The third kappa shape index (κ3) is 4.09. The van der Waals surface area contributed by atoms with Crippen molar-refractivity contribution in [2.75, 3.05) is 13.7 Å². The highest BCUT2D eigenvalue weighted by Gasteiger charge is 2.12. The molecule has 1 aromatic heterocycles. The van der Waals surface area contributed by atoms with Gasteiger partial charge in [-0.05, 0) is 43.8 Å². The van der Waals surface area contributed by atoms with Gasteiger partial charge in [-0.25, -0.2) is 9.78 Å². The lowest BCUT2D eigenvalue weighted by molar-refractivity contribution is 0.340. The molecule has 3 aromatic rings. The van der Waals surface area contributed by atoms with Crippen molar-refractivity contribution in [3.8, 4) is 28.5 Å². The minimum absolute atomic E-state index is 0.320. The Balaban J connectivity index is 2.08. The molecular formula is C19H19ClN4O2. The first-order valence-corrected chi connectivity index (χ1v) is 8.63. The van der Waals surface area contributed by atoms with Crippen LogP contribution in [0, 0.1) is 0 Å². The van der Waals surface area contributed by atoms with Crippen molar-refractivity contribution in [3.63, 3.8) is 0 Å². The van der Waals surface area contributed by atoms with E-state index in [2.05, 4.69) is 20.3 Å². The van der Waals surface area contributed by atoms with Gasteiger partial charge in [-0.15, -0.1) is 0 Å². The second-order valence-electron chi connectivity index (χ2n) is 5.63. The van der Waals surface area contributed by atoms with Crippen LogP contribution in [0.2, 0.25) is 5.02 Å². The van der Waals surface area contributed by atoms with Gasteiger partial charge in [0.25, 0.3) is 0 Å². The second-order valence-corrected chi connectivity index (χ2v) is 6.04. The second kappa shape index (κ2) is 8.12. The number of hydrogen-bond acceptors (Lipinski definition) is 5. The molecule has 0 saturated carbocycles. The average molecular weight is 371 g/mol. The summed E-state index contributed by atoms with van der Waals surface area (Å²) in [5.74, 6) is 1.40. The van der Waals surface area contributed by atoms with Gasteiger partial charge in [0.05, 0.1) is 11.6 Å². The van der Waals surface area contributed by atoms with E-state index in [1.807, 2.05) is 44.3 Å². The van der Waals surface area contributed by atoms with Gasteiger partial charge in [0, 0.05) is 17.7 Å². The molecule has 0 aliphatic rings. The van der Waals surface area contributed by atoms with Crippen molar-refractivity contribution in [1.29, 1.82) is 0 Å². The predicted octanol–water partition coefficient (Wildman–Crippen LogP) is 3.27. The number of aromatic amines is 1. The first-order chi connectivity index (χ1) is 12.6. The summed E-state index contributed by atoms with van der Waals surface area (Å²) in [4.78, 5) is 23.3. The molecule has 0 unspecified atom stereocenters. The van der Waals surface area contributed by atoms with E-state index in [-0.39, 0.29) is 0 Å². The van der Waals surface area contributed by atoms with Gasteiger partial charge in [-0.2, -0.15) is 4.98 Å². The van der Waals surface area contributed by atoms with E-state index < -0.39 is 5.69 Å². The molecule has 0 atom stereocenters. The minimum Gasteiger partial charge on any atom is -0.494 e. The maximum absolute atomic E-state index is 12.1. The van der Waals surface area contributed by atoms with Gasteiger partial charge < -0.3 is 10.1 Å². The fourth-order valence-electron chi connectivity index (χ4n) is 2.60. The van der Waals surface area contributed by atoms with Crippen molar-refractivity contribution >= 4 is 11.6 Å². The third-order valence-corrected chi connectivity index (χ3v) is 4.05. The Hall–Kier alpha value is -2.70. The summed E-state index contributed by atoms with van der Waals surface area (Å²) in [6.07, 6.45) is 0. The molecule has 1 heterocycles. The third-order valence-electron chi connectivity index (χ3n) is 3.72. The maximum atomic E-state index is 12.1. The lowest BCUT2D eigenvalue weighted by Gasteiger charge is -2.09. The number of aromatic nitrogens is 3. The molecule has 0 radical (unpaired) electrons. The number of nitrogens with zero attached hydrogens (tertiary/aromatic N) is 2. The molecule has 0 fully saturated rings. The van der Waals surface area contributed by atoms with Crippen LogP contribution in [-0.4, -0.2) is 28.6 Å². The van der Waals surface area contributed by atoms with Crippen molar-refractivity contribution in [2.45, 2.75) is 13.5 Å². The van der Waals surface area contributed by atoms with E-state index >= 15 is 0 Å². The van der Waals surface area contributed by atoms with Crippen LogP contribution >= 0.6 is 11.6 Å². The van der Waals surface area contributed by atoms with E-state index in [0.717, 1.165) is 5.56 Å². The first kappa shape index (κ1) is 18.1. The van der Waals surface area contributed by atoms with Crippen molar-refractivity contribution in [2.24, 2.45) is 0 Å². The fraction of sp³-hybridized carbons (Fsp3) is 0.211. The summed E-state index contributed by atoms with van der Waals surface area (Å²) >= 11 is 6.33. The number of hydrogen-bond donors (Lipinski definition) is 2. The van der Waals surface area contributed by atoms with E-state index in [1.54, 1.807) is 12.1 Å². The highest BCUT2D eigenvalue weighted by Crippen LogP contribution is 2.27. The Kier molecular flexibility index (Phi) is 5.65. The molecule has 0 amide bonds. The zero-order chi connectivity index (χ0) is 18.5. The highest BCUT2D eigenvalue weighted by atomic mass is 35.5. The van der Waals surface area contributed by atoms with Crippen LogP contribution in [0.4, 0.5) is 0 Å². The number of rotatable bonds is 6. The van der Waals surface area contributed by atoms with Gasteiger partial charge in [0.15, 0.2) is 5.82 Å². The van der Waals surface area contributed by atoms with Crippen LogP contribution < -0.4 is 15.7 Å². The predicted molar refractivity (Wildman–Crippen MR) is 102 cm³/mol. The summed E-state index contributed by atoms with van der Waals surface area (Å²) in [6, 6.07) is 12.9. The minimum atomic E-state index is -0.484. The zero-order valence-electron chi connectivity index (χ0n) is 14.5. The smallest absolute Gasteiger partial charge is 0.348 e. The van der Waals surface area contributed by atoms with Crippen molar-refractivity contribution in [3.05, 3.63) is 63.5 Å². The van der Waals surface area contributed by atoms with Crippen LogP contribution in [-0.2, 0) is 6.54 Å². The topological polar surface area (TPSA) is 79.9 Å². The van der Waals surface area contributed by atoms with Crippen LogP contribution in [0.3, 0.4) is 0 Å². The summed E-state index contributed by atoms with van der Waals surface area (Å²) in [5.41, 5.74) is 1.90. The normalized spacial score (nSPS) is 10.7. The summed E-state index contributed by atoms with van der Waals surface area (Å²) < 4.78 is 5.51. The van der Waals surface area contributed by atoms with Crippen LogP contribution in [0.5, 0.6) is 5.75 Å². The van der Waals surface area contributed by atoms with E-state index in [1.165, 1.54) is 0 Å². The zero-order valence-corrected chi connectivity index (χ0v) is 15.3. The lowest BCUT2D eigenvalue weighted by atomic mass is 10.1. The van der Waals surface area contributed by atoms with E-state index in [0.29, 0.717) is 46.7 Å². The molecule has 7 heteroatoms. The Morgan fingerprint density at radius 2 is 2.04 bits per heavy atom. The number of benzene rings is 2. The van der Waals surface area contributed by atoms with E-state index in [9.17, 15) is 4.79 Å². The average Bonchev–Trinajstić information content (AvgIpc) is 2.63. The maximum Gasteiger partial charge on any atom is 0.348 e. The van der Waals surface area contributed by atoms with Crippen LogP contribution in [0.15, 0.2) is 47.3 Å². The number of nitrogens with one attached hydrogen (secondary N) is 2. The van der Waals surface area contributed by atoms with Gasteiger partial charge >= 0.3 is 5.69 Å². The molecule has 2 N–H and O–H groups in total. The molecule has 0 bridgehead atoms. The molecule has 0 saturated heterocycles. The molecule has 2 aromatic carbocycles. The Morgan fingerprint density at radius 3 is 2.81 bits per heavy atom. The SMILES string of the molecule is CCOc1cccc(-c2nc(-c3cc(CNC)ccc3Cl)[nH]c(=O)n2)c1. The number of ether oxygens (including phenoxy) is 1. The molecule has 134 valence electrons. The Morgan fingerprint density at radius 1 is 1.19 bits per heavy atom. The molecule has 0 aliphatic heterocycles. The molecule has 0 spiro atoms. The number of halogens is 1. The quantitative estimate of drug-likeness (QED) is 0.696. The van der Waals surface area contributed by atoms with Crippen molar-refractivity contribution in [1.82, 2.24) is 20.3 Å². The van der Waals surface area contributed by atoms with Gasteiger partial charge in [0.2, 0.25) is 0 Å². The first-order valence-electron chi connectivity index (χ1n) is 8.25. The fourth-order valence-corrected chi connectivity index (χ4v) is 2.81. The van der Waals surface area contributed by atoms with Gasteiger partial charge in [-0.1, -0.05) is 29.8 Å². The van der Waals surface area contributed by atoms with E-state index in [4.69, 9.17) is 16.3 Å². The summed E-state index contributed by atoms with van der Waals surface area (Å²) in [7, 11) is 1.87. The molecule has 3 rings (SSSR count).